The molecular formula is C18H17Cl2N3OS. The lowest BCUT2D eigenvalue weighted by molar-refractivity contribution is 0.290. The van der Waals surface area contributed by atoms with Crippen LogP contribution in [0.2, 0.25) is 10.0 Å². The van der Waals surface area contributed by atoms with Gasteiger partial charge >= 0.3 is 0 Å². The zero-order valence-corrected chi connectivity index (χ0v) is 16.2. The normalized spacial score (nSPS) is 10.9. The largest absolute Gasteiger partial charge is 0.486 e. The van der Waals surface area contributed by atoms with Gasteiger partial charge in [0.25, 0.3) is 0 Å². The lowest BCUT2D eigenvalue weighted by Gasteiger charge is -2.07. The van der Waals surface area contributed by atoms with Crippen LogP contribution in [-0.4, -0.2) is 14.8 Å². The van der Waals surface area contributed by atoms with E-state index in [1.165, 1.54) is 0 Å². The van der Waals surface area contributed by atoms with Crippen molar-refractivity contribution in [3.63, 3.8) is 0 Å². The maximum atomic E-state index is 6.21. The van der Waals surface area contributed by atoms with Crippen LogP contribution in [0.4, 0.5) is 0 Å². The van der Waals surface area contributed by atoms with Gasteiger partial charge in [-0.1, -0.05) is 53.2 Å². The van der Waals surface area contributed by atoms with Crippen LogP contribution < -0.4 is 4.74 Å². The molecule has 0 saturated heterocycles. The number of thioether (sulfide) groups is 1. The van der Waals surface area contributed by atoms with Crippen molar-refractivity contribution in [2.45, 2.75) is 24.4 Å². The Hall–Kier alpha value is -1.69. The summed E-state index contributed by atoms with van der Waals surface area (Å²) in [7, 11) is 1.93. The molecule has 0 bridgehead atoms. The molecule has 0 radical (unpaired) electrons. The standard InChI is InChI=1S/C18H17Cl2N3OS/c1-12-4-3-5-15(8-12)24-10-17-21-22-18(23(17)2)25-11-13-6-7-14(19)9-16(13)20/h3-9H,10-11H2,1-2H3. The van der Waals surface area contributed by atoms with Gasteiger partial charge in [0.1, 0.15) is 12.4 Å². The maximum Gasteiger partial charge on any atom is 0.191 e. The molecule has 7 heteroatoms. The summed E-state index contributed by atoms with van der Waals surface area (Å²) in [6, 6.07) is 13.4. The smallest absolute Gasteiger partial charge is 0.191 e. The Balaban J connectivity index is 1.62. The molecule has 130 valence electrons. The molecule has 3 rings (SSSR count). The second kappa shape index (κ2) is 8.13. The lowest BCUT2D eigenvalue weighted by atomic mass is 10.2. The SMILES string of the molecule is Cc1cccc(OCc2nnc(SCc3ccc(Cl)cc3Cl)n2C)c1. The van der Waals surface area contributed by atoms with Crippen LogP contribution in [0.25, 0.3) is 0 Å². The maximum absolute atomic E-state index is 6.21. The van der Waals surface area contributed by atoms with Gasteiger partial charge in [-0.3, -0.25) is 0 Å². The highest BCUT2D eigenvalue weighted by atomic mass is 35.5. The van der Waals surface area contributed by atoms with Crippen LogP contribution >= 0.6 is 35.0 Å². The molecule has 0 atom stereocenters. The Labute approximate surface area is 161 Å². The molecule has 0 spiro atoms. The zero-order chi connectivity index (χ0) is 17.8. The quantitative estimate of drug-likeness (QED) is 0.532. The number of benzene rings is 2. The van der Waals surface area contributed by atoms with Crippen molar-refractivity contribution < 1.29 is 4.74 Å². The fourth-order valence-electron chi connectivity index (χ4n) is 2.23. The Morgan fingerprint density at radius 1 is 1.12 bits per heavy atom. The fourth-order valence-corrected chi connectivity index (χ4v) is 3.72. The van der Waals surface area contributed by atoms with Gasteiger partial charge in [0.2, 0.25) is 0 Å². The minimum atomic E-state index is 0.370. The molecule has 0 aliphatic heterocycles. The molecule has 0 N–H and O–H groups in total. The summed E-state index contributed by atoms with van der Waals surface area (Å²) in [5, 5.41) is 10.6. The van der Waals surface area contributed by atoms with E-state index in [-0.39, 0.29) is 0 Å². The van der Waals surface area contributed by atoms with E-state index in [9.17, 15) is 0 Å². The number of hydrogen-bond donors (Lipinski definition) is 0. The van der Waals surface area contributed by atoms with Crippen LogP contribution in [0.15, 0.2) is 47.6 Å². The van der Waals surface area contributed by atoms with Crippen molar-refractivity contribution >= 4 is 35.0 Å². The highest BCUT2D eigenvalue weighted by Crippen LogP contribution is 2.28. The minimum Gasteiger partial charge on any atom is -0.486 e. The van der Waals surface area contributed by atoms with Crippen LogP contribution in [0.3, 0.4) is 0 Å². The monoisotopic (exact) mass is 393 g/mol. The molecule has 0 aliphatic rings. The van der Waals surface area contributed by atoms with Crippen LogP contribution in [-0.2, 0) is 19.4 Å². The number of aromatic nitrogens is 3. The summed E-state index contributed by atoms with van der Waals surface area (Å²) in [4.78, 5) is 0. The molecule has 2 aromatic carbocycles. The predicted molar refractivity (Wildman–Crippen MR) is 103 cm³/mol. The van der Waals surface area contributed by atoms with E-state index in [1.54, 1.807) is 17.8 Å². The molecular weight excluding hydrogens is 377 g/mol. The third kappa shape index (κ3) is 4.69. The van der Waals surface area contributed by atoms with Gasteiger partial charge < -0.3 is 9.30 Å². The van der Waals surface area contributed by atoms with E-state index in [1.807, 2.05) is 54.9 Å². The molecule has 0 fully saturated rings. The topological polar surface area (TPSA) is 39.9 Å². The average molecular weight is 394 g/mol. The van der Waals surface area contributed by atoms with Gasteiger partial charge in [0.15, 0.2) is 11.0 Å². The Bertz CT molecular complexity index is 883. The fraction of sp³-hybridized carbons (Fsp3) is 0.222. The highest BCUT2D eigenvalue weighted by Gasteiger charge is 2.11. The van der Waals surface area contributed by atoms with Gasteiger partial charge in [0, 0.05) is 22.8 Å². The van der Waals surface area contributed by atoms with Gasteiger partial charge in [0.05, 0.1) is 0 Å². The average Bonchev–Trinajstić information content (AvgIpc) is 2.92. The van der Waals surface area contributed by atoms with E-state index in [2.05, 4.69) is 10.2 Å². The number of ether oxygens (including phenoxy) is 1. The molecule has 4 nitrogen and oxygen atoms in total. The second-order valence-corrected chi connectivity index (χ2v) is 7.37. The number of hydrogen-bond acceptors (Lipinski definition) is 4. The molecule has 0 aliphatic carbocycles. The predicted octanol–water partition coefficient (Wildman–Crippen LogP) is 5.30. The summed E-state index contributed by atoms with van der Waals surface area (Å²) in [5.41, 5.74) is 2.17. The first-order valence-corrected chi connectivity index (χ1v) is 9.41. The first-order chi connectivity index (χ1) is 12.0. The summed E-state index contributed by atoms with van der Waals surface area (Å²) in [6.45, 7) is 2.40. The minimum absolute atomic E-state index is 0.370. The summed E-state index contributed by atoms with van der Waals surface area (Å²) >= 11 is 13.7. The lowest BCUT2D eigenvalue weighted by Crippen LogP contribution is -2.04. The third-order valence-electron chi connectivity index (χ3n) is 3.65. The summed E-state index contributed by atoms with van der Waals surface area (Å²) in [5.74, 6) is 2.29. The highest BCUT2D eigenvalue weighted by molar-refractivity contribution is 7.98. The number of halogens is 2. The van der Waals surface area contributed by atoms with Crippen molar-refractivity contribution in [3.8, 4) is 5.75 Å². The molecule has 0 amide bonds. The van der Waals surface area contributed by atoms with Gasteiger partial charge in [-0.15, -0.1) is 10.2 Å². The zero-order valence-electron chi connectivity index (χ0n) is 13.9. The van der Waals surface area contributed by atoms with Crippen molar-refractivity contribution in [1.82, 2.24) is 14.8 Å². The molecule has 0 saturated carbocycles. The summed E-state index contributed by atoms with van der Waals surface area (Å²) in [6.07, 6.45) is 0. The van der Waals surface area contributed by atoms with Crippen molar-refractivity contribution in [3.05, 3.63) is 69.5 Å². The number of aryl methyl sites for hydroxylation is 1. The Morgan fingerprint density at radius 2 is 1.96 bits per heavy atom. The van der Waals surface area contributed by atoms with Gasteiger partial charge in [-0.05, 0) is 42.3 Å². The van der Waals surface area contributed by atoms with Crippen LogP contribution in [0, 0.1) is 6.92 Å². The van der Waals surface area contributed by atoms with E-state index in [4.69, 9.17) is 27.9 Å². The van der Waals surface area contributed by atoms with Crippen LogP contribution in [0.5, 0.6) is 5.75 Å². The van der Waals surface area contributed by atoms with Crippen LogP contribution in [0.1, 0.15) is 17.0 Å². The summed E-state index contributed by atoms with van der Waals surface area (Å²) < 4.78 is 7.73. The molecule has 1 heterocycles. The molecule has 25 heavy (non-hydrogen) atoms. The molecule has 0 unspecified atom stereocenters. The van der Waals surface area contributed by atoms with Crippen molar-refractivity contribution in [2.24, 2.45) is 7.05 Å². The molecule has 1 aromatic heterocycles. The number of rotatable bonds is 6. The van der Waals surface area contributed by atoms with E-state index in [0.717, 1.165) is 27.9 Å². The van der Waals surface area contributed by atoms with E-state index in [0.29, 0.717) is 22.4 Å². The molecule has 3 aromatic rings. The Kier molecular flexibility index (Phi) is 5.89. The first-order valence-electron chi connectivity index (χ1n) is 7.67. The number of nitrogens with zero attached hydrogens (tertiary/aromatic N) is 3. The second-order valence-electron chi connectivity index (χ2n) is 5.59. The van der Waals surface area contributed by atoms with Gasteiger partial charge in [-0.25, -0.2) is 0 Å². The van der Waals surface area contributed by atoms with E-state index >= 15 is 0 Å². The third-order valence-corrected chi connectivity index (χ3v) is 5.31. The van der Waals surface area contributed by atoms with Crippen molar-refractivity contribution in [2.75, 3.05) is 0 Å². The first kappa shape index (κ1) is 18.1. The Morgan fingerprint density at radius 3 is 2.72 bits per heavy atom. The van der Waals surface area contributed by atoms with Gasteiger partial charge in [-0.2, -0.15) is 0 Å². The van der Waals surface area contributed by atoms with Crippen molar-refractivity contribution in [1.29, 1.82) is 0 Å². The van der Waals surface area contributed by atoms with E-state index < -0.39 is 0 Å².